The maximum absolute atomic E-state index is 4.22. The highest BCUT2D eigenvalue weighted by atomic mass is 15.5. The molecule has 120 valence electrons. The van der Waals surface area contributed by atoms with Crippen LogP contribution in [0.1, 0.15) is 11.6 Å². The molecule has 2 aromatic heterocycles. The van der Waals surface area contributed by atoms with Crippen molar-refractivity contribution in [3.8, 4) is 0 Å². The molecule has 0 aliphatic carbocycles. The van der Waals surface area contributed by atoms with Crippen LogP contribution in [0.15, 0.2) is 42.9 Å². The fourth-order valence-corrected chi connectivity index (χ4v) is 3.67. The lowest BCUT2D eigenvalue weighted by Crippen LogP contribution is -2.36. The summed E-state index contributed by atoms with van der Waals surface area (Å²) in [4.78, 5) is 8.10. The van der Waals surface area contributed by atoms with Crippen LogP contribution in [0.25, 0.3) is 10.9 Å². The van der Waals surface area contributed by atoms with Crippen molar-refractivity contribution in [2.75, 3.05) is 27.2 Å². The zero-order chi connectivity index (χ0) is 15.8. The zero-order valence-corrected chi connectivity index (χ0v) is 13.6. The van der Waals surface area contributed by atoms with Crippen LogP contribution in [0.5, 0.6) is 0 Å². The average Bonchev–Trinajstić information content (AvgIpc) is 3.27. The highest BCUT2D eigenvalue weighted by Gasteiger charge is 2.35. The molecule has 3 aromatic rings. The number of aromatic amines is 1. The molecule has 6 heteroatoms. The van der Waals surface area contributed by atoms with Gasteiger partial charge in [-0.2, -0.15) is 0 Å². The number of nitrogens with zero attached hydrogens (tertiary/aromatic N) is 5. The predicted molar refractivity (Wildman–Crippen MR) is 90.1 cm³/mol. The van der Waals surface area contributed by atoms with Crippen molar-refractivity contribution in [2.45, 2.75) is 18.6 Å². The average molecular weight is 310 g/mol. The zero-order valence-electron chi connectivity index (χ0n) is 13.6. The van der Waals surface area contributed by atoms with Gasteiger partial charge in [0, 0.05) is 49.0 Å². The molecule has 2 atom stereocenters. The van der Waals surface area contributed by atoms with Crippen LogP contribution < -0.4 is 0 Å². The molecule has 0 radical (unpaired) electrons. The summed E-state index contributed by atoms with van der Waals surface area (Å²) in [6.07, 6.45) is 5.74. The van der Waals surface area contributed by atoms with E-state index in [4.69, 9.17) is 0 Å². The van der Waals surface area contributed by atoms with E-state index < -0.39 is 0 Å². The molecule has 0 unspecified atom stereocenters. The van der Waals surface area contributed by atoms with Crippen LogP contribution in [-0.2, 0) is 6.54 Å². The fraction of sp³-hybridized carbons (Fsp3) is 0.412. The molecule has 6 nitrogen and oxygen atoms in total. The Morgan fingerprint density at radius 3 is 2.96 bits per heavy atom. The molecule has 1 aliphatic rings. The van der Waals surface area contributed by atoms with Gasteiger partial charge in [-0.1, -0.05) is 17.3 Å². The first kappa shape index (κ1) is 14.4. The Balaban J connectivity index is 1.57. The third-order valence-corrected chi connectivity index (χ3v) is 4.86. The third-order valence-electron chi connectivity index (χ3n) is 4.86. The second-order valence-corrected chi connectivity index (χ2v) is 6.53. The Hall–Kier alpha value is -2.18. The Kier molecular flexibility index (Phi) is 3.63. The van der Waals surface area contributed by atoms with Crippen molar-refractivity contribution in [3.05, 3.63) is 48.4 Å². The minimum absolute atomic E-state index is 0.345. The van der Waals surface area contributed by atoms with Crippen molar-refractivity contribution in [1.29, 1.82) is 0 Å². The fourth-order valence-electron chi connectivity index (χ4n) is 3.67. The number of hydrogen-bond donors (Lipinski definition) is 1. The summed E-state index contributed by atoms with van der Waals surface area (Å²) in [6.45, 7) is 3.00. The smallest absolute Gasteiger partial charge is 0.0831 e. The molecule has 0 amide bonds. The van der Waals surface area contributed by atoms with Gasteiger partial charge in [0.25, 0.3) is 0 Å². The largest absolute Gasteiger partial charge is 0.361 e. The molecule has 1 aromatic carbocycles. The summed E-state index contributed by atoms with van der Waals surface area (Å²) in [5, 5.41) is 9.52. The lowest BCUT2D eigenvalue weighted by atomic mass is 10.1. The van der Waals surface area contributed by atoms with Crippen molar-refractivity contribution in [2.24, 2.45) is 0 Å². The van der Waals surface area contributed by atoms with E-state index in [9.17, 15) is 0 Å². The normalized spacial score (nSPS) is 22.4. The summed E-state index contributed by atoms with van der Waals surface area (Å²) in [5.74, 6) is 0. The predicted octanol–water partition coefficient (Wildman–Crippen LogP) is 1.75. The minimum atomic E-state index is 0.345. The van der Waals surface area contributed by atoms with Gasteiger partial charge in [0.2, 0.25) is 0 Å². The molecule has 3 heterocycles. The van der Waals surface area contributed by atoms with Crippen LogP contribution in [-0.4, -0.2) is 63.0 Å². The van der Waals surface area contributed by atoms with Crippen molar-refractivity contribution in [1.82, 2.24) is 29.8 Å². The van der Waals surface area contributed by atoms with E-state index in [-0.39, 0.29) is 0 Å². The van der Waals surface area contributed by atoms with Gasteiger partial charge < -0.3 is 9.88 Å². The van der Waals surface area contributed by atoms with Gasteiger partial charge in [-0.25, -0.2) is 4.68 Å². The summed E-state index contributed by atoms with van der Waals surface area (Å²) < 4.78 is 2.00. The molecule has 1 N–H and O–H groups in total. The summed E-state index contributed by atoms with van der Waals surface area (Å²) >= 11 is 0. The van der Waals surface area contributed by atoms with Gasteiger partial charge in [-0.3, -0.25) is 4.90 Å². The first-order valence-corrected chi connectivity index (χ1v) is 8.02. The van der Waals surface area contributed by atoms with E-state index in [1.165, 1.54) is 16.5 Å². The van der Waals surface area contributed by atoms with E-state index in [1.807, 2.05) is 17.1 Å². The number of benzene rings is 1. The van der Waals surface area contributed by atoms with E-state index in [0.29, 0.717) is 12.1 Å². The number of fused-ring (bicyclic) bond motifs is 1. The SMILES string of the molecule is CN(C)[C@@H]1CN(Cc2cccc3[nH]ccc23)C[C@@H]1n1ccnn1. The topological polar surface area (TPSA) is 53.0 Å². The van der Waals surface area contributed by atoms with E-state index in [1.54, 1.807) is 6.20 Å². The number of hydrogen-bond acceptors (Lipinski definition) is 4. The molecule has 1 saturated heterocycles. The first-order valence-electron chi connectivity index (χ1n) is 8.02. The number of nitrogens with one attached hydrogen (secondary N) is 1. The molecule has 1 fully saturated rings. The Morgan fingerprint density at radius 1 is 1.26 bits per heavy atom. The second-order valence-electron chi connectivity index (χ2n) is 6.53. The van der Waals surface area contributed by atoms with Gasteiger partial charge >= 0.3 is 0 Å². The third kappa shape index (κ3) is 2.64. The Morgan fingerprint density at radius 2 is 2.17 bits per heavy atom. The molecular weight excluding hydrogens is 288 g/mol. The maximum Gasteiger partial charge on any atom is 0.0831 e. The Labute approximate surface area is 135 Å². The van der Waals surface area contributed by atoms with Crippen LogP contribution in [0, 0.1) is 0 Å². The van der Waals surface area contributed by atoms with E-state index in [2.05, 4.69) is 63.5 Å². The molecule has 4 rings (SSSR count). The molecule has 23 heavy (non-hydrogen) atoms. The van der Waals surface area contributed by atoms with Gasteiger partial charge in [0.1, 0.15) is 0 Å². The summed E-state index contributed by atoms with van der Waals surface area (Å²) in [5.41, 5.74) is 2.58. The highest BCUT2D eigenvalue weighted by molar-refractivity contribution is 5.82. The second kappa shape index (κ2) is 5.79. The number of likely N-dealkylation sites (N-methyl/N-ethyl adjacent to an activating group) is 1. The highest BCUT2D eigenvalue weighted by Crippen LogP contribution is 2.27. The Bertz CT molecular complexity index is 775. The number of likely N-dealkylation sites (tertiary alicyclic amines) is 1. The minimum Gasteiger partial charge on any atom is -0.361 e. The molecule has 0 saturated carbocycles. The lowest BCUT2D eigenvalue weighted by molar-refractivity contribution is 0.237. The first-order chi connectivity index (χ1) is 11.2. The van der Waals surface area contributed by atoms with Crippen molar-refractivity contribution < 1.29 is 0 Å². The lowest BCUT2D eigenvalue weighted by Gasteiger charge is -2.24. The van der Waals surface area contributed by atoms with Crippen LogP contribution in [0.4, 0.5) is 0 Å². The maximum atomic E-state index is 4.22. The number of H-pyrrole nitrogens is 1. The molecule has 0 spiro atoms. The molecule has 0 bridgehead atoms. The molecular formula is C17H22N6. The van der Waals surface area contributed by atoms with Gasteiger partial charge in [-0.15, -0.1) is 5.10 Å². The molecule has 1 aliphatic heterocycles. The standard InChI is InChI=1S/C17H22N6/c1-21(2)16-11-22(12-17(16)23-9-8-19-20-23)10-13-4-3-5-15-14(13)6-7-18-15/h3-9,16-18H,10-12H2,1-2H3/t16-,17+/m1/s1. The quantitative estimate of drug-likeness (QED) is 0.797. The van der Waals surface area contributed by atoms with E-state index >= 15 is 0 Å². The van der Waals surface area contributed by atoms with Crippen molar-refractivity contribution >= 4 is 10.9 Å². The summed E-state index contributed by atoms with van der Waals surface area (Å²) in [6, 6.07) is 9.44. The van der Waals surface area contributed by atoms with Gasteiger partial charge in [0.05, 0.1) is 12.2 Å². The monoisotopic (exact) mass is 310 g/mol. The van der Waals surface area contributed by atoms with Crippen LogP contribution in [0.2, 0.25) is 0 Å². The summed E-state index contributed by atoms with van der Waals surface area (Å²) in [7, 11) is 4.29. The van der Waals surface area contributed by atoms with Crippen molar-refractivity contribution in [3.63, 3.8) is 0 Å². The van der Waals surface area contributed by atoms with Gasteiger partial charge in [0.15, 0.2) is 0 Å². The number of aromatic nitrogens is 4. The van der Waals surface area contributed by atoms with Crippen LogP contribution in [0.3, 0.4) is 0 Å². The number of rotatable bonds is 4. The van der Waals surface area contributed by atoms with Crippen LogP contribution >= 0.6 is 0 Å². The van der Waals surface area contributed by atoms with E-state index in [0.717, 1.165) is 19.6 Å². The van der Waals surface area contributed by atoms with Gasteiger partial charge in [-0.05, 0) is 31.8 Å².